The monoisotopic (exact) mass is 241 g/mol. The summed E-state index contributed by atoms with van der Waals surface area (Å²) in [4.78, 5) is 25.6. The van der Waals surface area contributed by atoms with Crippen molar-refractivity contribution in [2.45, 2.75) is 6.42 Å². The van der Waals surface area contributed by atoms with Crippen LogP contribution in [0.15, 0.2) is 47.1 Å². The van der Waals surface area contributed by atoms with Crippen molar-refractivity contribution in [1.29, 1.82) is 0 Å². The Bertz CT molecular complexity index is 601. The van der Waals surface area contributed by atoms with Gasteiger partial charge in [-0.05, 0) is 24.3 Å². The van der Waals surface area contributed by atoms with Gasteiger partial charge >= 0.3 is 0 Å². The molecule has 1 aromatic carbocycles. The van der Waals surface area contributed by atoms with Crippen LogP contribution in [-0.2, 0) is 0 Å². The van der Waals surface area contributed by atoms with E-state index in [1.54, 1.807) is 35.2 Å². The highest BCUT2D eigenvalue weighted by molar-refractivity contribution is 6.12. The Balaban J connectivity index is 2.03. The summed E-state index contributed by atoms with van der Waals surface area (Å²) in [5.41, 5.74) is 1.26. The number of Topliss-reactive ketones (excluding diaryl/α,β-unsaturated/α-hetero) is 1. The fourth-order valence-corrected chi connectivity index (χ4v) is 2.16. The molecule has 90 valence electrons. The Kier molecular flexibility index (Phi) is 2.48. The first kappa shape index (κ1) is 10.8. The Labute approximate surface area is 104 Å². The fourth-order valence-electron chi connectivity index (χ4n) is 2.16. The highest BCUT2D eigenvalue weighted by Gasteiger charge is 2.28. The molecule has 0 unspecified atom stereocenters. The lowest BCUT2D eigenvalue weighted by Crippen LogP contribution is -2.37. The van der Waals surface area contributed by atoms with Crippen molar-refractivity contribution in [1.82, 2.24) is 0 Å². The SMILES string of the molecule is O=C1CCN(C(=O)c2ccco2)c2ccccc21. The smallest absolute Gasteiger partial charge is 0.293 e. The van der Waals surface area contributed by atoms with Crippen LogP contribution in [0, 0.1) is 0 Å². The zero-order valence-electron chi connectivity index (χ0n) is 9.63. The molecule has 1 aliphatic heterocycles. The summed E-state index contributed by atoms with van der Waals surface area (Å²) in [6, 6.07) is 10.5. The van der Waals surface area contributed by atoms with E-state index in [0.29, 0.717) is 30.0 Å². The second-order valence-electron chi connectivity index (χ2n) is 4.12. The third-order valence-electron chi connectivity index (χ3n) is 3.03. The van der Waals surface area contributed by atoms with Crippen LogP contribution in [0.4, 0.5) is 5.69 Å². The third-order valence-corrected chi connectivity index (χ3v) is 3.03. The van der Waals surface area contributed by atoms with Gasteiger partial charge in [-0.3, -0.25) is 9.59 Å². The minimum atomic E-state index is -0.208. The minimum Gasteiger partial charge on any atom is -0.459 e. The van der Waals surface area contributed by atoms with Gasteiger partial charge in [0.1, 0.15) is 0 Å². The number of benzene rings is 1. The number of furan rings is 1. The maximum atomic E-state index is 12.3. The molecule has 18 heavy (non-hydrogen) atoms. The predicted molar refractivity (Wildman–Crippen MR) is 65.8 cm³/mol. The molecule has 4 nitrogen and oxygen atoms in total. The quantitative estimate of drug-likeness (QED) is 0.770. The van der Waals surface area contributed by atoms with E-state index >= 15 is 0 Å². The average molecular weight is 241 g/mol. The van der Waals surface area contributed by atoms with Gasteiger partial charge in [0.15, 0.2) is 11.5 Å². The van der Waals surface area contributed by atoms with Gasteiger partial charge < -0.3 is 9.32 Å². The number of carbonyl (C=O) groups excluding carboxylic acids is 2. The average Bonchev–Trinajstić information content (AvgIpc) is 2.93. The highest BCUT2D eigenvalue weighted by atomic mass is 16.3. The molecule has 4 heteroatoms. The van der Waals surface area contributed by atoms with Crippen LogP contribution in [-0.4, -0.2) is 18.2 Å². The zero-order chi connectivity index (χ0) is 12.5. The van der Waals surface area contributed by atoms with Crippen LogP contribution in [0.2, 0.25) is 0 Å². The normalized spacial score (nSPS) is 14.4. The van der Waals surface area contributed by atoms with Crippen molar-refractivity contribution in [3.8, 4) is 0 Å². The first-order valence-electron chi connectivity index (χ1n) is 5.75. The molecule has 0 saturated carbocycles. The summed E-state index contributed by atoms with van der Waals surface area (Å²) < 4.78 is 5.11. The largest absolute Gasteiger partial charge is 0.459 e. The topological polar surface area (TPSA) is 50.5 Å². The maximum Gasteiger partial charge on any atom is 0.293 e. The lowest BCUT2D eigenvalue weighted by atomic mass is 10.0. The molecular weight excluding hydrogens is 230 g/mol. The van der Waals surface area contributed by atoms with E-state index in [9.17, 15) is 9.59 Å². The van der Waals surface area contributed by atoms with Gasteiger partial charge in [-0.2, -0.15) is 0 Å². The summed E-state index contributed by atoms with van der Waals surface area (Å²) >= 11 is 0. The second kappa shape index (κ2) is 4.14. The van der Waals surface area contributed by atoms with E-state index in [-0.39, 0.29) is 11.7 Å². The molecule has 0 saturated heterocycles. The van der Waals surface area contributed by atoms with Gasteiger partial charge in [0.2, 0.25) is 0 Å². The maximum absolute atomic E-state index is 12.3. The first-order valence-corrected chi connectivity index (χ1v) is 5.75. The number of hydrogen-bond donors (Lipinski definition) is 0. The number of amides is 1. The molecule has 2 aromatic rings. The van der Waals surface area contributed by atoms with Crippen LogP contribution in [0.5, 0.6) is 0 Å². The molecule has 0 bridgehead atoms. The van der Waals surface area contributed by atoms with Crippen molar-refractivity contribution < 1.29 is 14.0 Å². The molecule has 1 aliphatic rings. The number of carbonyl (C=O) groups is 2. The second-order valence-corrected chi connectivity index (χ2v) is 4.12. The lowest BCUT2D eigenvalue weighted by Gasteiger charge is -2.27. The Morgan fingerprint density at radius 3 is 2.78 bits per heavy atom. The number of anilines is 1. The summed E-state index contributed by atoms with van der Waals surface area (Å²) in [6.45, 7) is 0.398. The first-order chi connectivity index (χ1) is 8.77. The van der Waals surface area contributed by atoms with Crippen LogP contribution < -0.4 is 4.90 Å². The van der Waals surface area contributed by atoms with E-state index in [4.69, 9.17) is 4.42 Å². The van der Waals surface area contributed by atoms with Gasteiger partial charge in [0, 0.05) is 18.5 Å². The van der Waals surface area contributed by atoms with Crippen LogP contribution >= 0.6 is 0 Å². The molecule has 2 heterocycles. The third kappa shape index (κ3) is 1.62. The summed E-state index contributed by atoms with van der Waals surface area (Å²) in [6.07, 6.45) is 1.82. The summed E-state index contributed by atoms with van der Waals surface area (Å²) in [7, 11) is 0. The minimum absolute atomic E-state index is 0.0779. The summed E-state index contributed by atoms with van der Waals surface area (Å²) in [5.74, 6) is 0.160. The van der Waals surface area contributed by atoms with Crippen LogP contribution in [0.1, 0.15) is 27.3 Å². The van der Waals surface area contributed by atoms with Crippen molar-refractivity contribution in [3.05, 3.63) is 54.0 Å². The van der Waals surface area contributed by atoms with Crippen LogP contribution in [0.25, 0.3) is 0 Å². The number of fused-ring (bicyclic) bond motifs is 1. The molecule has 0 aliphatic carbocycles. The fraction of sp³-hybridized carbons (Fsp3) is 0.143. The number of nitrogens with zero attached hydrogens (tertiary/aromatic N) is 1. The molecule has 0 N–H and O–H groups in total. The number of hydrogen-bond acceptors (Lipinski definition) is 3. The Hall–Kier alpha value is -2.36. The van der Waals surface area contributed by atoms with Gasteiger partial charge in [0.05, 0.1) is 12.0 Å². The van der Waals surface area contributed by atoms with E-state index < -0.39 is 0 Å². The van der Waals surface area contributed by atoms with E-state index in [1.807, 2.05) is 6.07 Å². The number of ketones is 1. The molecular formula is C14H11NO3. The number of para-hydroxylation sites is 1. The Morgan fingerprint density at radius 2 is 2.00 bits per heavy atom. The van der Waals surface area contributed by atoms with Crippen molar-refractivity contribution in [2.75, 3.05) is 11.4 Å². The molecule has 0 spiro atoms. The molecule has 1 aromatic heterocycles. The lowest BCUT2D eigenvalue weighted by molar-refractivity contribution is 0.0939. The van der Waals surface area contributed by atoms with Crippen LogP contribution in [0.3, 0.4) is 0 Å². The number of rotatable bonds is 1. The molecule has 0 fully saturated rings. The van der Waals surface area contributed by atoms with E-state index in [2.05, 4.69) is 0 Å². The Morgan fingerprint density at radius 1 is 1.17 bits per heavy atom. The van der Waals surface area contributed by atoms with Gasteiger partial charge in [-0.15, -0.1) is 0 Å². The predicted octanol–water partition coefficient (Wildman–Crippen LogP) is 2.51. The zero-order valence-corrected chi connectivity index (χ0v) is 9.63. The molecule has 0 radical (unpaired) electrons. The van der Waals surface area contributed by atoms with E-state index in [0.717, 1.165) is 0 Å². The molecule has 0 atom stereocenters. The van der Waals surface area contributed by atoms with Gasteiger partial charge in [-0.1, -0.05) is 12.1 Å². The standard InChI is InChI=1S/C14H11NO3/c16-12-7-8-15(11-5-2-1-4-10(11)12)14(17)13-6-3-9-18-13/h1-6,9H,7-8H2. The van der Waals surface area contributed by atoms with Crippen molar-refractivity contribution in [3.63, 3.8) is 0 Å². The van der Waals surface area contributed by atoms with Gasteiger partial charge in [-0.25, -0.2) is 0 Å². The highest BCUT2D eigenvalue weighted by Crippen LogP contribution is 2.28. The molecule has 1 amide bonds. The van der Waals surface area contributed by atoms with Crippen molar-refractivity contribution in [2.24, 2.45) is 0 Å². The van der Waals surface area contributed by atoms with E-state index in [1.165, 1.54) is 6.26 Å². The van der Waals surface area contributed by atoms with Gasteiger partial charge in [0.25, 0.3) is 5.91 Å². The van der Waals surface area contributed by atoms with Crippen molar-refractivity contribution >= 4 is 17.4 Å². The summed E-state index contributed by atoms with van der Waals surface area (Å²) in [5, 5.41) is 0. The molecule has 3 rings (SSSR count).